The Bertz CT molecular complexity index is 1510. The topological polar surface area (TPSA) is 67.2 Å². The molecule has 2 aromatic carbocycles. The van der Waals surface area contributed by atoms with Crippen LogP contribution in [0.3, 0.4) is 0 Å². The van der Waals surface area contributed by atoms with Gasteiger partial charge in [0.2, 0.25) is 5.43 Å². The first-order valence-corrected chi connectivity index (χ1v) is 10.1. The number of benzene rings is 2. The van der Waals surface area contributed by atoms with Crippen LogP contribution in [0.5, 0.6) is 0 Å². The standard InChI is InChI=1S/C24H17F5N4O2/c1-32(2)20-10-8-14-21(34)15(23(35)30-18-6-4-3-5-16(18)24(27,28)29)12-33(22(14)31-20)19-9-7-13(25)11-17(19)26/h3-12H,1-2H3,(H,30,35). The molecule has 0 aliphatic carbocycles. The van der Waals surface area contributed by atoms with E-state index < -0.39 is 46.0 Å². The van der Waals surface area contributed by atoms with Crippen LogP contribution in [-0.2, 0) is 6.18 Å². The summed E-state index contributed by atoms with van der Waals surface area (Å²) in [5, 5.41) is 2.03. The number of pyridine rings is 2. The van der Waals surface area contributed by atoms with Crippen LogP contribution in [0, 0.1) is 11.6 Å². The Labute approximate surface area is 195 Å². The number of carbonyl (C=O) groups excluding carboxylic acids is 1. The van der Waals surface area contributed by atoms with Crippen LogP contribution in [-0.4, -0.2) is 29.6 Å². The predicted molar refractivity (Wildman–Crippen MR) is 121 cm³/mol. The third-order valence-electron chi connectivity index (χ3n) is 5.19. The van der Waals surface area contributed by atoms with Crippen LogP contribution in [0.25, 0.3) is 16.7 Å². The first-order chi connectivity index (χ1) is 16.5. The van der Waals surface area contributed by atoms with E-state index >= 15 is 0 Å². The number of halogens is 5. The number of fused-ring (bicyclic) bond motifs is 1. The summed E-state index contributed by atoms with van der Waals surface area (Å²) < 4.78 is 69.3. The zero-order valence-corrected chi connectivity index (χ0v) is 18.3. The molecule has 4 aromatic rings. The van der Waals surface area contributed by atoms with Crippen LogP contribution >= 0.6 is 0 Å². The molecule has 1 N–H and O–H groups in total. The van der Waals surface area contributed by atoms with E-state index in [4.69, 9.17) is 0 Å². The van der Waals surface area contributed by atoms with Gasteiger partial charge in [-0.2, -0.15) is 13.2 Å². The molecule has 2 aromatic heterocycles. The van der Waals surface area contributed by atoms with Gasteiger partial charge in [0.05, 0.1) is 22.3 Å². The summed E-state index contributed by atoms with van der Waals surface area (Å²) in [4.78, 5) is 32.1. The number of nitrogens with zero attached hydrogens (tertiary/aromatic N) is 3. The minimum atomic E-state index is -4.75. The minimum Gasteiger partial charge on any atom is -0.363 e. The third kappa shape index (κ3) is 4.57. The lowest BCUT2D eigenvalue weighted by Crippen LogP contribution is -2.25. The molecule has 0 saturated carbocycles. The molecule has 0 atom stereocenters. The van der Waals surface area contributed by atoms with Crippen LogP contribution in [0.2, 0.25) is 0 Å². The molecule has 0 unspecified atom stereocenters. The van der Waals surface area contributed by atoms with Crippen molar-refractivity contribution in [1.82, 2.24) is 9.55 Å². The molecule has 0 aliphatic rings. The minimum absolute atomic E-state index is 0.0288. The number of carbonyl (C=O) groups is 1. The highest BCUT2D eigenvalue weighted by molar-refractivity contribution is 6.06. The van der Waals surface area contributed by atoms with Gasteiger partial charge in [-0.15, -0.1) is 0 Å². The molecule has 0 saturated heterocycles. The van der Waals surface area contributed by atoms with Gasteiger partial charge >= 0.3 is 6.18 Å². The summed E-state index contributed by atoms with van der Waals surface area (Å²) in [5.41, 5.74) is -3.28. The number of rotatable bonds is 4. The first kappa shape index (κ1) is 23.9. The van der Waals surface area contributed by atoms with E-state index in [-0.39, 0.29) is 16.7 Å². The Balaban J connectivity index is 1.93. The lowest BCUT2D eigenvalue weighted by atomic mass is 10.1. The SMILES string of the molecule is CN(C)c1ccc2c(=O)c(C(=O)Nc3ccccc3C(F)(F)F)cn(-c3ccc(F)cc3F)c2n1. The number of anilines is 2. The van der Waals surface area contributed by atoms with Crippen LogP contribution in [0.15, 0.2) is 65.6 Å². The number of alkyl halides is 3. The molecule has 0 fully saturated rings. The molecule has 0 bridgehead atoms. The Morgan fingerprint density at radius 3 is 2.40 bits per heavy atom. The van der Waals surface area contributed by atoms with Crippen molar-refractivity contribution in [2.45, 2.75) is 6.18 Å². The van der Waals surface area contributed by atoms with Crippen molar-refractivity contribution >= 4 is 28.4 Å². The maximum absolute atomic E-state index is 14.7. The Morgan fingerprint density at radius 2 is 1.74 bits per heavy atom. The van der Waals surface area contributed by atoms with Gasteiger partial charge < -0.3 is 10.2 Å². The van der Waals surface area contributed by atoms with Gasteiger partial charge in [0.1, 0.15) is 23.0 Å². The van der Waals surface area contributed by atoms with Crippen molar-refractivity contribution in [3.63, 3.8) is 0 Å². The van der Waals surface area contributed by atoms with E-state index in [2.05, 4.69) is 10.3 Å². The average Bonchev–Trinajstić information content (AvgIpc) is 2.79. The van der Waals surface area contributed by atoms with Gasteiger partial charge in [0, 0.05) is 26.4 Å². The molecule has 0 spiro atoms. The maximum atomic E-state index is 14.7. The molecular weight excluding hydrogens is 471 g/mol. The number of para-hydroxylation sites is 1. The second-order valence-corrected chi connectivity index (χ2v) is 7.77. The number of hydrogen-bond acceptors (Lipinski definition) is 4. The highest BCUT2D eigenvalue weighted by Gasteiger charge is 2.34. The fraction of sp³-hybridized carbons (Fsp3) is 0.125. The molecular formula is C24H17F5N4O2. The quantitative estimate of drug-likeness (QED) is 0.411. The zero-order valence-electron chi connectivity index (χ0n) is 18.3. The fourth-order valence-corrected chi connectivity index (χ4v) is 3.49. The van der Waals surface area contributed by atoms with Crippen LogP contribution < -0.4 is 15.6 Å². The van der Waals surface area contributed by atoms with Crippen molar-refractivity contribution in [1.29, 1.82) is 0 Å². The van der Waals surface area contributed by atoms with Crippen molar-refractivity contribution in [2.75, 3.05) is 24.3 Å². The van der Waals surface area contributed by atoms with Gasteiger partial charge in [0.15, 0.2) is 5.65 Å². The smallest absolute Gasteiger partial charge is 0.363 e. The molecule has 4 rings (SSSR count). The molecule has 2 heterocycles. The molecule has 0 aliphatic heterocycles. The summed E-state index contributed by atoms with van der Waals surface area (Å²) in [5.74, 6) is -2.58. The van der Waals surface area contributed by atoms with Crippen molar-refractivity contribution in [3.8, 4) is 5.69 Å². The lowest BCUT2D eigenvalue weighted by Gasteiger charge is -2.17. The molecule has 180 valence electrons. The normalized spacial score (nSPS) is 11.5. The predicted octanol–water partition coefficient (Wildman–Crippen LogP) is 5.00. The second kappa shape index (κ2) is 8.82. The largest absolute Gasteiger partial charge is 0.418 e. The van der Waals surface area contributed by atoms with Crippen molar-refractivity contribution in [2.24, 2.45) is 0 Å². The molecule has 0 radical (unpaired) electrons. The molecule has 35 heavy (non-hydrogen) atoms. The van der Waals surface area contributed by atoms with E-state index in [1.165, 1.54) is 18.2 Å². The van der Waals surface area contributed by atoms with Crippen LogP contribution in [0.4, 0.5) is 33.5 Å². The van der Waals surface area contributed by atoms with E-state index in [1.807, 2.05) is 0 Å². The fourth-order valence-electron chi connectivity index (χ4n) is 3.49. The average molecular weight is 488 g/mol. The summed E-state index contributed by atoms with van der Waals surface area (Å²) in [6.45, 7) is 0. The number of aromatic nitrogens is 2. The summed E-state index contributed by atoms with van der Waals surface area (Å²) >= 11 is 0. The van der Waals surface area contributed by atoms with E-state index in [0.717, 1.165) is 41.1 Å². The summed E-state index contributed by atoms with van der Waals surface area (Å²) in [6.07, 6.45) is -3.78. The van der Waals surface area contributed by atoms with Gasteiger partial charge in [-0.05, 0) is 36.4 Å². The molecule has 6 nitrogen and oxygen atoms in total. The van der Waals surface area contributed by atoms with Crippen molar-refractivity contribution < 1.29 is 26.7 Å². The monoisotopic (exact) mass is 488 g/mol. The van der Waals surface area contributed by atoms with Gasteiger partial charge in [-0.25, -0.2) is 13.8 Å². The first-order valence-electron chi connectivity index (χ1n) is 10.1. The highest BCUT2D eigenvalue weighted by atomic mass is 19.4. The number of nitrogens with one attached hydrogen (secondary N) is 1. The Kier molecular flexibility index (Phi) is 6.01. The van der Waals surface area contributed by atoms with Crippen molar-refractivity contribution in [3.05, 3.63) is 93.8 Å². The maximum Gasteiger partial charge on any atom is 0.418 e. The summed E-state index contributed by atoms with van der Waals surface area (Å²) in [7, 11) is 3.38. The second-order valence-electron chi connectivity index (χ2n) is 7.77. The third-order valence-corrected chi connectivity index (χ3v) is 5.19. The van der Waals surface area contributed by atoms with E-state index in [0.29, 0.717) is 11.9 Å². The lowest BCUT2D eigenvalue weighted by molar-refractivity contribution is -0.136. The summed E-state index contributed by atoms with van der Waals surface area (Å²) in [6, 6.07) is 9.86. The van der Waals surface area contributed by atoms with Gasteiger partial charge in [0.25, 0.3) is 5.91 Å². The van der Waals surface area contributed by atoms with Gasteiger partial charge in [-0.3, -0.25) is 14.2 Å². The van der Waals surface area contributed by atoms with E-state index in [9.17, 15) is 31.5 Å². The number of amides is 1. The Hall–Kier alpha value is -4.28. The van der Waals surface area contributed by atoms with Crippen LogP contribution in [0.1, 0.15) is 15.9 Å². The Morgan fingerprint density at radius 1 is 1.03 bits per heavy atom. The van der Waals surface area contributed by atoms with E-state index in [1.54, 1.807) is 19.0 Å². The highest BCUT2D eigenvalue weighted by Crippen LogP contribution is 2.34. The van der Waals surface area contributed by atoms with Gasteiger partial charge in [-0.1, -0.05) is 12.1 Å². The zero-order chi connectivity index (χ0) is 25.5. The molecule has 11 heteroatoms. The molecule has 1 amide bonds. The number of hydrogen-bond donors (Lipinski definition) is 1.